The van der Waals surface area contributed by atoms with Gasteiger partial charge in [0.2, 0.25) is 0 Å². The molecule has 0 saturated carbocycles. The molecule has 0 aromatic heterocycles. The summed E-state index contributed by atoms with van der Waals surface area (Å²) in [6.45, 7) is 5.46. The molecule has 29 heavy (non-hydrogen) atoms. The Bertz CT molecular complexity index is 823. The first-order valence-electron chi connectivity index (χ1n) is 8.06. The van der Waals surface area contributed by atoms with Crippen molar-refractivity contribution in [1.82, 2.24) is 0 Å². The van der Waals surface area contributed by atoms with Gasteiger partial charge in [0.05, 0.1) is 11.1 Å². The van der Waals surface area contributed by atoms with E-state index in [0.717, 1.165) is 0 Å². The normalized spacial score (nSPS) is 12.7. The maximum atomic E-state index is 13.2. The van der Waals surface area contributed by atoms with Crippen molar-refractivity contribution in [2.45, 2.75) is 38.7 Å². The fourth-order valence-corrected chi connectivity index (χ4v) is 3.41. The Hall–Kier alpha value is -1.48. The molecule has 2 rings (SSSR count). The van der Waals surface area contributed by atoms with Crippen LogP contribution in [0.15, 0.2) is 42.5 Å². The molecule has 2 aromatic rings. The number of alkyl halides is 6. The van der Waals surface area contributed by atoms with E-state index in [1.165, 1.54) is 24.3 Å². The molecule has 0 heterocycles. The molecule has 0 aliphatic rings. The first kappa shape index (κ1) is 25.6. The Kier molecular flexibility index (Phi) is 8.03. The Morgan fingerprint density at radius 1 is 0.828 bits per heavy atom. The molecule has 0 spiro atoms. The number of halogens is 6. The first-order valence-corrected chi connectivity index (χ1v) is 9.06. The van der Waals surface area contributed by atoms with Crippen LogP contribution in [0.25, 0.3) is 0 Å². The molecule has 154 valence electrons. The van der Waals surface area contributed by atoms with Gasteiger partial charge in [0.25, 0.3) is 0 Å². The summed E-state index contributed by atoms with van der Waals surface area (Å²) in [5.41, 5.74) is -6.24. The average Bonchev–Trinajstić information content (AvgIpc) is 2.53. The molecule has 0 aliphatic heterocycles. The fraction of sp³-hybridized carbons (Fsp3) is 0.316. The number of benzene rings is 2. The molecular formula is C19H18F6LiO2P. The Morgan fingerprint density at radius 3 is 1.66 bits per heavy atom. The van der Waals surface area contributed by atoms with Crippen LogP contribution >= 0.6 is 8.58 Å². The van der Waals surface area contributed by atoms with Crippen molar-refractivity contribution in [3.05, 3.63) is 59.2 Å². The van der Waals surface area contributed by atoms with Gasteiger partial charge in [0, 0.05) is 5.56 Å². The van der Waals surface area contributed by atoms with Crippen LogP contribution in [0.3, 0.4) is 0 Å². The predicted molar refractivity (Wildman–Crippen MR) is 103 cm³/mol. The van der Waals surface area contributed by atoms with Gasteiger partial charge in [-0.1, -0.05) is 18.2 Å². The number of ether oxygens (including phenoxy) is 1. The summed E-state index contributed by atoms with van der Waals surface area (Å²) in [5.74, 6) is 0.472. The molecule has 0 aliphatic carbocycles. The summed E-state index contributed by atoms with van der Waals surface area (Å²) >= 11 is 0. The topological polar surface area (TPSA) is 26.3 Å². The van der Waals surface area contributed by atoms with Gasteiger partial charge in [0.15, 0.2) is 5.52 Å². The third kappa shape index (κ3) is 7.06. The van der Waals surface area contributed by atoms with Crippen LogP contribution in [-0.4, -0.2) is 30.0 Å². The van der Waals surface area contributed by atoms with Gasteiger partial charge >= 0.3 is 31.2 Å². The first-order chi connectivity index (χ1) is 12.7. The standard InChI is InChI=1S/C19H17F6O2P.Li.H/c1-17(2,3)27-11-7-9-12(10-8-11)28-16(26)15-13(18(20,21)22)5-4-6-14(15)19(23,24)25;;/h4-10,28H,1-3H3;;. The van der Waals surface area contributed by atoms with E-state index in [-0.39, 0.29) is 18.9 Å². The molecule has 0 fully saturated rings. The van der Waals surface area contributed by atoms with Crippen molar-refractivity contribution < 1.29 is 35.9 Å². The van der Waals surface area contributed by atoms with E-state index in [2.05, 4.69) is 0 Å². The molecule has 1 atom stereocenters. The van der Waals surface area contributed by atoms with Gasteiger partial charge in [-0.15, -0.1) is 0 Å². The van der Waals surface area contributed by atoms with Crippen LogP contribution in [0, 0.1) is 0 Å². The fourth-order valence-electron chi connectivity index (χ4n) is 2.42. The van der Waals surface area contributed by atoms with Gasteiger partial charge in [-0.2, -0.15) is 26.3 Å². The second-order valence-corrected chi connectivity index (χ2v) is 8.20. The van der Waals surface area contributed by atoms with E-state index >= 15 is 0 Å². The third-order valence-corrected chi connectivity index (χ3v) is 4.54. The second kappa shape index (κ2) is 9.12. The Balaban J connectivity index is 0.00000420. The summed E-state index contributed by atoms with van der Waals surface area (Å²) < 4.78 is 84.8. The molecule has 0 saturated heterocycles. The van der Waals surface area contributed by atoms with Crippen LogP contribution in [0.5, 0.6) is 5.75 Å². The number of hydrogen-bond acceptors (Lipinski definition) is 2. The summed E-state index contributed by atoms with van der Waals surface area (Å²) in [6.07, 6.45) is -10.2. The zero-order valence-corrected chi connectivity index (χ0v) is 16.1. The number of carbonyl (C=O) groups excluding carboxylic acids is 1. The predicted octanol–water partition coefficient (Wildman–Crippen LogP) is 5.40. The molecule has 0 bridgehead atoms. The van der Waals surface area contributed by atoms with Gasteiger partial charge in [0.1, 0.15) is 11.4 Å². The molecular weight excluding hydrogens is 412 g/mol. The summed E-state index contributed by atoms with van der Waals surface area (Å²) in [5, 5.41) is 0.302. The third-order valence-electron chi connectivity index (χ3n) is 3.44. The maximum absolute atomic E-state index is 13.2. The Morgan fingerprint density at radius 2 is 1.28 bits per heavy atom. The molecule has 10 heteroatoms. The summed E-state index contributed by atoms with van der Waals surface area (Å²) in [4.78, 5) is 12.4. The van der Waals surface area contributed by atoms with Crippen molar-refractivity contribution in [2.24, 2.45) is 0 Å². The van der Waals surface area contributed by atoms with E-state index in [4.69, 9.17) is 4.74 Å². The summed E-state index contributed by atoms with van der Waals surface area (Å²) in [6, 6.07) is 7.52. The van der Waals surface area contributed by atoms with E-state index in [1.54, 1.807) is 0 Å². The van der Waals surface area contributed by atoms with Crippen molar-refractivity contribution >= 4 is 38.3 Å². The minimum absolute atomic E-state index is 0. The quantitative estimate of drug-likeness (QED) is 0.369. The van der Waals surface area contributed by atoms with Crippen LogP contribution in [-0.2, 0) is 12.4 Å². The zero-order chi connectivity index (χ0) is 21.3. The second-order valence-electron chi connectivity index (χ2n) is 6.92. The molecule has 2 nitrogen and oxygen atoms in total. The zero-order valence-electron chi connectivity index (χ0n) is 15.1. The van der Waals surface area contributed by atoms with Crippen molar-refractivity contribution in [3.63, 3.8) is 0 Å². The van der Waals surface area contributed by atoms with Gasteiger partial charge in [-0.05, 0) is 58.9 Å². The molecule has 2 aromatic carbocycles. The summed E-state index contributed by atoms with van der Waals surface area (Å²) in [7, 11) is -0.903. The SMILES string of the molecule is CC(C)(C)Oc1ccc(PC(=O)c2c(C(F)(F)F)cccc2C(F)(F)F)cc1.[LiH]. The van der Waals surface area contributed by atoms with Crippen molar-refractivity contribution in [3.8, 4) is 5.75 Å². The minimum atomic E-state index is -5.08. The van der Waals surface area contributed by atoms with Crippen molar-refractivity contribution in [2.75, 3.05) is 0 Å². The number of rotatable bonds is 4. The Labute approximate surface area is 178 Å². The molecule has 0 radical (unpaired) electrons. The number of hydrogen-bond donors (Lipinski definition) is 0. The van der Waals surface area contributed by atoms with Crippen LogP contribution in [0.4, 0.5) is 26.3 Å². The molecule has 0 N–H and O–H groups in total. The van der Waals surface area contributed by atoms with E-state index in [0.29, 0.717) is 29.3 Å². The van der Waals surface area contributed by atoms with E-state index in [1.807, 2.05) is 20.8 Å². The van der Waals surface area contributed by atoms with E-state index < -0.39 is 48.7 Å². The van der Waals surface area contributed by atoms with Crippen LogP contribution < -0.4 is 10.0 Å². The van der Waals surface area contributed by atoms with Crippen LogP contribution in [0.1, 0.15) is 42.3 Å². The number of carbonyl (C=O) groups is 1. The van der Waals surface area contributed by atoms with Crippen LogP contribution in [0.2, 0.25) is 0 Å². The van der Waals surface area contributed by atoms with Crippen molar-refractivity contribution in [1.29, 1.82) is 0 Å². The van der Waals surface area contributed by atoms with Gasteiger partial charge in [-0.3, -0.25) is 4.79 Å². The van der Waals surface area contributed by atoms with Gasteiger partial charge < -0.3 is 4.74 Å². The van der Waals surface area contributed by atoms with Gasteiger partial charge in [-0.25, -0.2) is 0 Å². The average molecular weight is 430 g/mol. The molecule has 0 amide bonds. The molecule has 1 unspecified atom stereocenters. The monoisotopic (exact) mass is 430 g/mol. The van der Waals surface area contributed by atoms with E-state index in [9.17, 15) is 31.1 Å².